The molecule has 2 aromatic heterocycles. The second-order valence-corrected chi connectivity index (χ2v) is 7.95. The van der Waals surface area contributed by atoms with Crippen LogP contribution in [-0.2, 0) is 6.54 Å². The summed E-state index contributed by atoms with van der Waals surface area (Å²) in [5, 5.41) is 16.3. The number of rotatable bonds is 7. The van der Waals surface area contributed by atoms with Crippen LogP contribution in [0.25, 0.3) is 11.1 Å². The number of H-pyrrole nitrogens is 2. The fraction of sp³-hybridized carbons (Fsp3) is 0.125. The third kappa shape index (κ3) is 5.19. The Bertz CT molecular complexity index is 1530. The molecule has 2 aromatic carbocycles. The number of aromatic amines is 2. The number of carboxylic acid groups (broad SMARTS) is 1. The molecular weight excluding hydrogens is 452 g/mol. The highest BCUT2D eigenvalue weighted by atomic mass is 16.4. The molecule has 35 heavy (non-hydrogen) atoms. The van der Waals surface area contributed by atoms with Gasteiger partial charge in [0.2, 0.25) is 0 Å². The SMILES string of the molecule is C[C@@H](NC(=O)c1[nH]c(=O)[nH]c(=O)c1N)c1cccc(-c2cnn(Cc3cccc(C(=O)O)c3)c2)c1. The van der Waals surface area contributed by atoms with E-state index < -0.39 is 29.2 Å². The number of amides is 1. The molecule has 178 valence electrons. The zero-order valence-corrected chi connectivity index (χ0v) is 18.6. The number of carbonyl (C=O) groups excluding carboxylic acids is 1. The van der Waals surface area contributed by atoms with Crippen molar-refractivity contribution in [2.24, 2.45) is 0 Å². The lowest BCUT2D eigenvalue weighted by molar-refractivity contribution is 0.0696. The van der Waals surface area contributed by atoms with Gasteiger partial charge in [-0.2, -0.15) is 5.10 Å². The molecule has 0 aliphatic rings. The molecule has 0 aliphatic heterocycles. The van der Waals surface area contributed by atoms with Gasteiger partial charge in [-0.1, -0.05) is 30.3 Å². The smallest absolute Gasteiger partial charge is 0.335 e. The number of nitrogens with zero attached hydrogens (tertiary/aromatic N) is 2. The number of benzene rings is 2. The van der Waals surface area contributed by atoms with E-state index in [1.807, 2.05) is 41.5 Å². The van der Waals surface area contributed by atoms with Gasteiger partial charge in [-0.3, -0.25) is 19.3 Å². The van der Waals surface area contributed by atoms with E-state index in [-0.39, 0.29) is 16.9 Å². The highest BCUT2D eigenvalue weighted by molar-refractivity contribution is 5.97. The van der Waals surface area contributed by atoms with E-state index in [0.717, 1.165) is 22.3 Å². The number of hydrogen-bond acceptors (Lipinski definition) is 6. The monoisotopic (exact) mass is 474 g/mol. The molecule has 6 N–H and O–H groups in total. The van der Waals surface area contributed by atoms with Crippen molar-refractivity contribution in [3.63, 3.8) is 0 Å². The zero-order chi connectivity index (χ0) is 25.1. The largest absolute Gasteiger partial charge is 0.478 e. The van der Waals surface area contributed by atoms with Gasteiger partial charge in [0.25, 0.3) is 11.5 Å². The molecule has 0 spiro atoms. The first kappa shape index (κ1) is 23.2. The van der Waals surface area contributed by atoms with E-state index in [9.17, 15) is 24.3 Å². The van der Waals surface area contributed by atoms with Gasteiger partial charge < -0.3 is 21.1 Å². The predicted molar refractivity (Wildman–Crippen MR) is 128 cm³/mol. The van der Waals surface area contributed by atoms with Crippen LogP contribution in [0.3, 0.4) is 0 Å². The van der Waals surface area contributed by atoms with E-state index >= 15 is 0 Å². The first-order valence-electron chi connectivity index (χ1n) is 10.6. The Balaban J connectivity index is 1.50. The predicted octanol–water partition coefficient (Wildman–Crippen LogP) is 1.75. The number of hydrogen-bond donors (Lipinski definition) is 5. The Morgan fingerprint density at radius 1 is 1.11 bits per heavy atom. The summed E-state index contributed by atoms with van der Waals surface area (Å²) in [7, 11) is 0. The number of nitrogen functional groups attached to an aromatic ring is 1. The molecule has 2 heterocycles. The zero-order valence-electron chi connectivity index (χ0n) is 18.6. The van der Waals surface area contributed by atoms with Crippen LogP contribution < -0.4 is 22.3 Å². The number of anilines is 1. The molecule has 4 aromatic rings. The quantitative estimate of drug-likeness (QED) is 0.271. The maximum atomic E-state index is 12.6. The van der Waals surface area contributed by atoms with Crippen molar-refractivity contribution in [2.75, 3.05) is 5.73 Å². The van der Waals surface area contributed by atoms with E-state index in [2.05, 4.69) is 15.4 Å². The number of carbonyl (C=O) groups is 2. The molecule has 0 bridgehead atoms. The first-order valence-corrected chi connectivity index (χ1v) is 10.6. The van der Waals surface area contributed by atoms with Crippen LogP contribution in [0, 0.1) is 0 Å². The van der Waals surface area contributed by atoms with Gasteiger partial charge in [0.1, 0.15) is 11.4 Å². The van der Waals surface area contributed by atoms with Gasteiger partial charge in [0.05, 0.1) is 24.3 Å². The summed E-state index contributed by atoms with van der Waals surface area (Å²) in [4.78, 5) is 51.2. The molecule has 0 unspecified atom stereocenters. The van der Waals surface area contributed by atoms with Crippen molar-refractivity contribution in [1.82, 2.24) is 25.1 Å². The Morgan fingerprint density at radius 2 is 1.89 bits per heavy atom. The fourth-order valence-electron chi connectivity index (χ4n) is 3.60. The first-order chi connectivity index (χ1) is 16.7. The Kier molecular flexibility index (Phi) is 6.32. The van der Waals surface area contributed by atoms with Crippen molar-refractivity contribution >= 4 is 17.6 Å². The van der Waals surface area contributed by atoms with Crippen LogP contribution in [0.4, 0.5) is 5.69 Å². The lowest BCUT2D eigenvalue weighted by Crippen LogP contribution is -2.34. The molecule has 1 amide bonds. The standard InChI is InChI=1S/C24H22N6O5/c1-13(27-22(32)20-19(25)21(31)29-24(35)28-20)15-5-3-6-16(9-15)18-10-26-30(12-18)11-14-4-2-7-17(8-14)23(33)34/h2-10,12-13H,11,25H2,1H3,(H,27,32)(H,33,34)(H2,28,29,31,35)/t13-/m1/s1. The number of nitrogens with one attached hydrogen (secondary N) is 3. The molecule has 0 aliphatic carbocycles. The maximum Gasteiger partial charge on any atom is 0.335 e. The molecule has 1 atom stereocenters. The summed E-state index contributed by atoms with van der Waals surface area (Å²) < 4.78 is 1.71. The molecule has 11 heteroatoms. The van der Waals surface area contributed by atoms with Gasteiger partial charge in [0, 0.05) is 11.8 Å². The van der Waals surface area contributed by atoms with Gasteiger partial charge in [-0.25, -0.2) is 9.59 Å². The lowest BCUT2D eigenvalue weighted by atomic mass is 10.0. The number of carboxylic acids is 1. The van der Waals surface area contributed by atoms with Crippen molar-refractivity contribution < 1.29 is 14.7 Å². The van der Waals surface area contributed by atoms with E-state index in [1.165, 1.54) is 6.07 Å². The Labute approximate surface area is 198 Å². The molecule has 4 rings (SSSR count). The molecule has 0 saturated carbocycles. The minimum Gasteiger partial charge on any atom is -0.478 e. The topological polar surface area (TPSA) is 176 Å². The Hall–Kier alpha value is -4.93. The van der Waals surface area contributed by atoms with Crippen LogP contribution in [0.2, 0.25) is 0 Å². The summed E-state index contributed by atoms with van der Waals surface area (Å²) >= 11 is 0. The second-order valence-electron chi connectivity index (χ2n) is 7.95. The summed E-state index contributed by atoms with van der Waals surface area (Å²) in [6.07, 6.45) is 3.54. The van der Waals surface area contributed by atoms with Crippen molar-refractivity contribution in [3.8, 4) is 11.1 Å². The van der Waals surface area contributed by atoms with Gasteiger partial charge in [0.15, 0.2) is 0 Å². The van der Waals surface area contributed by atoms with Crippen LogP contribution in [-0.4, -0.2) is 36.7 Å². The maximum absolute atomic E-state index is 12.6. The lowest BCUT2D eigenvalue weighted by Gasteiger charge is -2.15. The van der Waals surface area contributed by atoms with Crippen LogP contribution in [0.5, 0.6) is 0 Å². The average molecular weight is 474 g/mol. The number of aromatic nitrogens is 4. The third-order valence-electron chi connectivity index (χ3n) is 5.43. The van der Waals surface area contributed by atoms with Crippen LogP contribution in [0.15, 0.2) is 70.5 Å². The second kappa shape index (κ2) is 9.51. The normalized spacial score (nSPS) is 11.7. The summed E-state index contributed by atoms with van der Waals surface area (Å²) in [5.41, 5.74) is 6.81. The van der Waals surface area contributed by atoms with E-state index in [4.69, 9.17) is 5.73 Å². The minimum absolute atomic E-state index is 0.213. The molecule has 0 radical (unpaired) electrons. The molecule has 11 nitrogen and oxygen atoms in total. The Morgan fingerprint density at radius 3 is 2.66 bits per heavy atom. The van der Waals surface area contributed by atoms with Crippen molar-refractivity contribution in [2.45, 2.75) is 19.5 Å². The molecule has 0 saturated heterocycles. The van der Waals surface area contributed by atoms with E-state index in [1.54, 1.807) is 29.9 Å². The summed E-state index contributed by atoms with van der Waals surface area (Å²) in [6.45, 7) is 2.17. The van der Waals surface area contributed by atoms with Crippen molar-refractivity contribution in [3.05, 3.63) is 104 Å². The minimum atomic E-state index is -0.987. The van der Waals surface area contributed by atoms with E-state index in [0.29, 0.717) is 6.54 Å². The van der Waals surface area contributed by atoms with Gasteiger partial charge >= 0.3 is 11.7 Å². The summed E-state index contributed by atoms with van der Waals surface area (Å²) in [5.74, 6) is -1.67. The highest BCUT2D eigenvalue weighted by Gasteiger charge is 2.17. The van der Waals surface area contributed by atoms with Crippen LogP contribution >= 0.6 is 0 Å². The van der Waals surface area contributed by atoms with Gasteiger partial charge in [-0.15, -0.1) is 0 Å². The molecular formula is C24H22N6O5. The average Bonchev–Trinajstić information content (AvgIpc) is 3.30. The van der Waals surface area contributed by atoms with Crippen molar-refractivity contribution in [1.29, 1.82) is 0 Å². The molecule has 0 fully saturated rings. The number of nitrogens with two attached hydrogens (primary N) is 1. The highest BCUT2D eigenvalue weighted by Crippen LogP contribution is 2.23. The van der Waals surface area contributed by atoms with Gasteiger partial charge in [-0.05, 0) is 41.8 Å². The summed E-state index contributed by atoms with van der Waals surface area (Å²) in [6, 6.07) is 13.7. The third-order valence-corrected chi connectivity index (χ3v) is 5.43. The fourth-order valence-corrected chi connectivity index (χ4v) is 3.60. The number of aromatic carboxylic acids is 1. The van der Waals surface area contributed by atoms with Crippen LogP contribution in [0.1, 0.15) is 44.9 Å².